The van der Waals surface area contributed by atoms with E-state index in [-0.39, 0.29) is 22.2 Å². The van der Waals surface area contributed by atoms with Crippen LogP contribution >= 0.6 is 11.6 Å². The molecular weight excluding hydrogens is 205 g/mol. The Morgan fingerprint density at radius 3 is 2.79 bits per heavy atom. The van der Waals surface area contributed by atoms with Crippen molar-refractivity contribution in [2.45, 2.75) is 19.8 Å². The number of hydrogen-bond donors (Lipinski definition) is 2. The van der Waals surface area contributed by atoms with Crippen molar-refractivity contribution in [1.82, 2.24) is 0 Å². The molecule has 0 atom stereocenters. The molecule has 0 amide bonds. The highest BCUT2D eigenvalue weighted by molar-refractivity contribution is 6.32. The Labute approximate surface area is 87.5 Å². The van der Waals surface area contributed by atoms with E-state index in [0.717, 1.165) is 0 Å². The molecule has 0 aliphatic heterocycles. The minimum Gasteiger partial charge on any atom is -0.506 e. The number of aryl methyl sites for hydroxylation is 1. The second kappa shape index (κ2) is 4.62. The molecule has 0 radical (unpaired) electrons. The number of benzene rings is 1. The lowest BCUT2D eigenvalue weighted by molar-refractivity contribution is 0.456. The summed E-state index contributed by atoms with van der Waals surface area (Å²) >= 11 is 5.72. The van der Waals surface area contributed by atoms with Crippen LogP contribution in [0.4, 0.5) is 4.39 Å². The highest BCUT2D eigenvalue weighted by Gasteiger charge is 2.13. The molecule has 0 unspecified atom stereocenters. The number of aromatic hydroxyl groups is 1. The van der Waals surface area contributed by atoms with Crippen LogP contribution in [0.5, 0.6) is 5.75 Å². The molecule has 3 N–H and O–H groups in total. The van der Waals surface area contributed by atoms with Crippen LogP contribution in [-0.4, -0.2) is 11.7 Å². The fourth-order valence-corrected chi connectivity index (χ4v) is 1.59. The zero-order chi connectivity index (χ0) is 10.7. The van der Waals surface area contributed by atoms with Gasteiger partial charge in [-0.2, -0.15) is 0 Å². The van der Waals surface area contributed by atoms with Gasteiger partial charge in [-0.1, -0.05) is 11.6 Å². The Balaban J connectivity index is 3.11. The Bertz CT molecular complexity index is 315. The van der Waals surface area contributed by atoms with Gasteiger partial charge in [-0.15, -0.1) is 0 Å². The van der Waals surface area contributed by atoms with Gasteiger partial charge in [0.25, 0.3) is 0 Å². The van der Waals surface area contributed by atoms with Gasteiger partial charge in [0.15, 0.2) is 0 Å². The topological polar surface area (TPSA) is 46.2 Å². The van der Waals surface area contributed by atoms with E-state index >= 15 is 0 Å². The third kappa shape index (κ3) is 2.16. The van der Waals surface area contributed by atoms with Crippen LogP contribution in [0.25, 0.3) is 0 Å². The van der Waals surface area contributed by atoms with Crippen molar-refractivity contribution in [1.29, 1.82) is 0 Å². The van der Waals surface area contributed by atoms with Crippen LogP contribution in [-0.2, 0) is 6.42 Å². The Morgan fingerprint density at radius 2 is 2.21 bits per heavy atom. The van der Waals surface area contributed by atoms with Gasteiger partial charge in [-0.05, 0) is 37.9 Å². The van der Waals surface area contributed by atoms with E-state index < -0.39 is 0 Å². The van der Waals surface area contributed by atoms with Gasteiger partial charge in [0, 0.05) is 5.56 Å². The fourth-order valence-electron chi connectivity index (χ4n) is 1.31. The van der Waals surface area contributed by atoms with Gasteiger partial charge in [-0.25, -0.2) is 4.39 Å². The molecule has 4 heteroatoms. The molecule has 0 spiro atoms. The number of rotatable bonds is 3. The molecule has 0 aliphatic carbocycles. The monoisotopic (exact) mass is 217 g/mol. The maximum Gasteiger partial charge on any atom is 0.140 e. The van der Waals surface area contributed by atoms with E-state index in [1.165, 1.54) is 6.07 Å². The summed E-state index contributed by atoms with van der Waals surface area (Å²) in [5.74, 6) is -0.552. The van der Waals surface area contributed by atoms with Crippen molar-refractivity contribution in [2.24, 2.45) is 5.73 Å². The molecule has 1 rings (SSSR count). The Kier molecular flexibility index (Phi) is 3.72. The molecule has 0 saturated heterocycles. The molecular formula is C10H13ClFNO. The lowest BCUT2D eigenvalue weighted by Crippen LogP contribution is -2.03. The average molecular weight is 218 g/mol. The molecule has 0 heterocycles. The second-order valence-electron chi connectivity index (χ2n) is 3.21. The summed E-state index contributed by atoms with van der Waals surface area (Å²) in [5.41, 5.74) is 6.02. The Hall–Kier alpha value is -0.800. The van der Waals surface area contributed by atoms with Crippen molar-refractivity contribution in [3.8, 4) is 5.75 Å². The van der Waals surface area contributed by atoms with Crippen LogP contribution in [0.15, 0.2) is 6.07 Å². The van der Waals surface area contributed by atoms with E-state index in [4.69, 9.17) is 17.3 Å². The van der Waals surface area contributed by atoms with E-state index in [1.807, 2.05) is 0 Å². The number of halogens is 2. The summed E-state index contributed by atoms with van der Waals surface area (Å²) < 4.78 is 13.5. The standard InChI is InChI=1S/C10H13ClFNO/c1-6-5-8(11)10(14)7(9(6)12)3-2-4-13/h5,14H,2-4,13H2,1H3. The molecule has 0 saturated carbocycles. The summed E-state index contributed by atoms with van der Waals surface area (Å²) in [7, 11) is 0. The van der Waals surface area contributed by atoms with Gasteiger partial charge in [-0.3, -0.25) is 0 Å². The predicted octanol–water partition coefficient (Wildman–Crippen LogP) is 2.38. The first kappa shape index (κ1) is 11.3. The molecule has 0 bridgehead atoms. The lowest BCUT2D eigenvalue weighted by atomic mass is 10.0. The fraction of sp³-hybridized carbons (Fsp3) is 0.400. The molecule has 78 valence electrons. The van der Waals surface area contributed by atoms with E-state index in [9.17, 15) is 9.50 Å². The van der Waals surface area contributed by atoms with E-state index in [2.05, 4.69) is 0 Å². The highest BCUT2D eigenvalue weighted by atomic mass is 35.5. The first-order chi connectivity index (χ1) is 6.57. The summed E-state index contributed by atoms with van der Waals surface area (Å²) in [4.78, 5) is 0. The van der Waals surface area contributed by atoms with Crippen LogP contribution < -0.4 is 5.73 Å². The van der Waals surface area contributed by atoms with Crippen molar-refractivity contribution >= 4 is 11.6 Å². The van der Waals surface area contributed by atoms with Crippen molar-refractivity contribution in [2.75, 3.05) is 6.54 Å². The third-order valence-electron chi connectivity index (χ3n) is 2.10. The van der Waals surface area contributed by atoms with Gasteiger partial charge >= 0.3 is 0 Å². The molecule has 0 aliphatic rings. The molecule has 0 fully saturated rings. The predicted molar refractivity (Wildman–Crippen MR) is 55.2 cm³/mol. The number of hydrogen-bond acceptors (Lipinski definition) is 2. The third-order valence-corrected chi connectivity index (χ3v) is 2.39. The van der Waals surface area contributed by atoms with Gasteiger partial charge in [0.2, 0.25) is 0 Å². The molecule has 1 aromatic rings. The smallest absolute Gasteiger partial charge is 0.140 e. The summed E-state index contributed by atoms with van der Waals surface area (Å²) in [6.45, 7) is 2.08. The van der Waals surface area contributed by atoms with E-state index in [1.54, 1.807) is 6.92 Å². The Morgan fingerprint density at radius 1 is 1.57 bits per heavy atom. The van der Waals surface area contributed by atoms with Gasteiger partial charge in [0.1, 0.15) is 11.6 Å². The van der Waals surface area contributed by atoms with Gasteiger partial charge < -0.3 is 10.8 Å². The molecule has 0 aromatic heterocycles. The van der Waals surface area contributed by atoms with Crippen LogP contribution in [0.1, 0.15) is 17.5 Å². The van der Waals surface area contributed by atoms with E-state index in [0.29, 0.717) is 24.9 Å². The lowest BCUT2D eigenvalue weighted by Gasteiger charge is -2.09. The molecule has 14 heavy (non-hydrogen) atoms. The second-order valence-corrected chi connectivity index (χ2v) is 3.62. The maximum absolute atomic E-state index is 13.5. The van der Waals surface area contributed by atoms with Crippen LogP contribution in [0.2, 0.25) is 5.02 Å². The number of phenolic OH excluding ortho intramolecular Hbond substituents is 1. The van der Waals surface area contributed by atoms with Crippen molar-refractivity contribution in [3.05, 3.63) is 28.0 Å². The average Bonchev–Trinajstić information content (AvgIpc) is 2.15. The summed E-state index contributed by atoms with van der Waals surface area (Å²) in [6, 6.07) is 1.41. The summed E-state index contributed by atoms with van der Waals surface area (Å²) in [6.07, 6.45) is 1.04. The highest BCUT2D eigenvalue weighted by Crippen LogP contribution is 2.32. The maximum atomic E-state index is 13.5. The minimum absolute atomic E-state index is 0.164. The minimum atomic E-state index is -0.389. The SMILES string of the molecule is Cc1cc(Cl)c(O)c(CCCN)c1F. The van der Waals surface area contributed by atoms with Crippen LogP contribution in [0, 0.1) is 12.7 Å². The molecule has 2 nitrogen and oxygen atoms in total. The first-order valence-electron chi connectivity index (χ1n) is 4.44. The summed E-state index contributed by atoms with van der Waals surface area (Å²) in [5, 5.41) is 9.71. The van der Waals surface area contributed by atoms with Crippen molar-refractivity contribution < 1.29 is 9.50 Å². The molecule has 1 aromatic carbocycles. The first-order valence-corrected chi connectivity index (χ1v) is 4.82. The zero-order valence-electron chi connectivity index (χ0n) is 7.98. The number of phenols is 1. The quantitative estimate of drug-likeness (QED) is 0.817. The normalized spacial score (nSPS) is 10.6. The zero-order valence-corrected chi connectivity index (χ0v) is 8.74. The van der Waals surface area contributed by atoms with Crippen molar-refractivity contribution in [3.63, 3.8) is 0 Å². The largest absolute Gasteiger partial charge is 0.506 e. The number of nitrogens with two attached hydrogens (primary N) is 1. The van der Waals surface area contributed by atoms with Gasteiger partial charge in [0.05, 0.1) is 5.02 Å². The van der Waals surface area contributed by atoms with Crippen LogP contribution in [0.3, 0.4) is 0 Å².